The van der Waals surface area contributed by atoms with Crippen LogP contribution in [-0.2, 0) is 28.8 Å². The molecule has 2 aromatic heterocycles. The average Bonchev–Trinajstić information content (AvgIpc) is 3.10. The van der Waals surface area contributed by atoms with E-state index in [4.69, 9.17) is 59.4 Å². The average molecular weight is 733 g/mol. The van der Waals surface area contributed by atoms with Crippen LogP contribution in [0.25, 0.3) is 0 Å². The molecule has 286 valence electrons. The van der Waals surface area contributed by atoms with E-state index in [-0.39, 0.29) is 0 Å². The molecule has 0 atom stereocenters. The number of anilines is 2. The highest BCUT2D eigenvalue weighted by molar-refractivity contribution is 6.28. The summed E-state index contributed by atoms with van der Waals surface area (Å²) in [6.07, 6.45) is 12.5. The first kappa shape index (κ1) is 42.8. The Morgan fingerprint density at radius 2 is 0.769 bits per heavy atom. The number of pyridine rings is 2. The summed E-state index contributed by atoms with van der Waals surface area (Å²) >= 11 is 0. The Morgan fingerprint density at radius 3 is 0.962 bits per heavy atom. The van der Waals surface area contributed by atoms with Crippen molar-refractivity contribution in [3.05, 3.63) is 48.8 Å². The van der Waals surface area contributed by atoms with E-state index in [2.05, 4.69) is 53.8 Å². The van der Waals surface area contributed by atoms with E-state index in [0.29, 0.717) is 0 Å². The predicted octanol–water partition coefficient (Wildman–Crippen LogP) is 1.47. The van der Waals surface area contributed by atoms with Gasteiger partial charge in [0.1, 0.15) is 11.6 Å². The number of hydrogen-bond acceptors (Lipinski definition) is 12. The number of aromatic nitrogens is 2. The van der Waals surface area contributed by atoms with Gasteiger partial charge in [-0.05, 0) is 61.8 Å². The number of carboxylic acids is 6. The van der Waals surface area contributed by atoms with Crippen LogP contribution in [0.4, 0.5) is 11.6 Å². The molecular formula is C34H48N6O12. The number of hydrogen-bond donors (Lipinski definition) is 6. The molecule has 2 saturated carbocycles. The van der Waals surface area contributed by atoms with Gasteiger partial charge in [-0.15, -0.1) is 0 Å². The van der Waals surface area contributed by atoms with Gasteiger partial charge in [0.15, 0.2) is 0 Å². The minimum Gasteiger partial charge on any atom is -0.473 e. The minimum absolute atomic E-state index is 0.997. The van der Waals surface area contributed by atoms with Crippen molar-refractivity contribution in [1.29, 1.82) is 0 Å². The van der Waals surface area contributed by atoms with Crippen molar-refractivity contribution in [2.75, 3.05) is 75.2 Å². The van der Waals surface area contributed by atoms with Crippen molar-refractivity contribution in [3.8, 4) is 0 Å². The van der Waals surface area contributed by atoms with Crippen molar-refractivity contribution in [2.45, 2.75) is 38.5 Å². The normalized spacial score (nSPS) is 17.2. The smallest absolute Gasteiger partial charge is 0.414 e. The summed E-state index contributed by atoms with van der Waals surface area (Å²) in [5.41, 5.74) is 0. The van der Waals surface area contributed by atoms with Gasteiger partial charge in [0, 0.05) is 77.8 Å². The van der Waals surface area contributed by atoms with Crippen molar-refractivity contribution >= 4 is 47.5 Å². The first-order chi connectivity index (χ1) is 24.8. The van der Waals surface area contributed by atoms with Gasteiger partial charge >= 0.3 is 35.8 Å². The van der Waals surface area contributed by atoms with E-state index in [1.54, 1.807) is 0 Å². The lowest BCUT2D eigenvalue weighted by Gasteiger charge is -2.38. The SMILES string of the molecule is O=C(O)C(=O)O.O=C(O)C(=O)O.O=C(O)C(=O)O.c1ccc(N2CCN(CC3CCC3)CC2)nc1.c1ccc(N2CCN(CC3CCC3)CC2)nc1. The molecule has 4 heterocycles. The Kier molecular flexibility index (Phi) is 19.1. The third-order valence-corrected chi connectivity index (χ3v) is 8.72. The van der Waals surface area contributed by atoms with Crippen molar-refractivity contribution < 1.29 is 59.4 Å². The highest BCUT2D eigenvalue weighted by atomic mass is 16.5. The van der Waals surface area contributed by atoms with Crippen LogP contribution in [0.1, 0.15) is 38.5 Å². The molecule has 18 heteroatoms. The van der Waals surface area contributed by atoms with Gasteiger partial charge in [0.05, 0.1) is 0 Å². The monoisotopic (exact) mass is 732 g/mol. The lowest BCUT2D eigenvalue weighted by atomic mass is 9.85. The van der Waals surface area contributed by atoms with E-state index in [9.17, 15) is 0 Å². The lowest BCUT2D eigenvalue weighted by molar-refractivity contribution is -0.159. The molecule has 4 fully saturated rings. The van der Waals surface area contributed by atoms with Gasteiger partial charge in [0.25, 0.3) is 0 Å². The Bertz CT molecular complexity index is 1250. The van der Waals surface area contributed by atoms with Gasteiger partial charge in [-0.25, -0.2) is 38.7 Å². The molecule has 2 aliphatic carbocycles. The molecule has 52 heavy (non-hydrogen) atoms. The zero-order valence-corrected chi connectivity index (χ0v) is 28.9. The van der Waals surface area contributed by atoms with Crippen LogP contribution >= 0.6 is 0 Å². The standard InChI is InChI=1S/2C14H21N3.3C2H2O4/c2*1-2-7-15-14(6-1)17-10-8-16(9-11-17)12-13-4-3-5-13;3*3-1(4)2(5)6/h2*1-2,6-7,13H,3-5,8-12H2;3*(H,3,4)(H,5,6). The molecule has 4 aliphatic rings. The molecule has 0 spiro atoms. The molecule has 2 aliphatic heterocycles. The Hall–Kier alpha value is -5.36. The summed E-state index contributed by atoms with van der Waals surface area (Å²) in [4.78, 5) is 73.5. The van der Waals surface area contributed by atoms with Gasteiger partial charge in [-0.3, -0.25) is 9.80 Å². The zero-order valence-electron chi connectivity index (χ0n) is 28.9. The van der Waals surface area contributed by atoms with Gasteiger partial charge in [-0.1, -0.05) is 25.0 Å². The molecular weight excluding hydrogens is 684 g/mol. The molecule has 2 saturated heterocycles. The first-order valence-electron chi connectivity index (χ1n) is 16.9. The molecule has 6 rings (SSSR count). The second kappa shape index (κ2) is 23.2. The number of carbonyl (C=O) groups is 6. The molecule has 0 aromatic carbocycles. The summed E-state index contributed by atoms with van der Waals surface area (Å²) in [7, 11) is 0. The fourth-order valence-corrected chi connectivity index (χ4v) is 5.48. The topological polar surface area (TPSA) is 263 Å². The van der Waals surface area contributed by atoms with Crippen LogP contribution in [0.5, 0.6) is 0 Å². The maximum Gasteiger partial charge on any atom is 0.414 e. The van der Waals surface area contributed by atoms with Crippen LogP contribution in [0.3, 0.4) is 0 Å². The van der Waals surface area contributed by atoms with E-state index in [1.807, 2.05) is 24.5 Å². The number of nitrogens with zero attached hydrogens (tertiary/aromatic N) is 6. The quantitative estimate of drug-likeness (QED) is 0.230. The van der Waals surface area contributed by atoms with Gasteiger partial charge in [0.2, 0.25) is 0 Å². The molecule has 18 nitrogen and oxygen atoms in total. The third-order valence-electron chi connectivity index (χ3n) is 8.72. The zero-order chi connectivity index (χ0) is 38.5. The highest BCUT2D eigenvalue weighted by Gasteiger charge is 2.25. The molecule has 6 N–H and O–H groups in total. The number of carboxylic acid groups (broad SMARTS) is 6. The predicted molar refractivity (Wildman–Crippen MR) is 186 cm³/mol. The summed E-state index contributed by atoms with van der Waals surface area (Å²) in [5.74, 6) is -6.68. The Balaban J connectivity index is 0.000000249. The molecule has 0 unspecified atom stereocenters. The maximum absolute atomic E-state index is 9.10. The third kappa shape index (κ3) is 17.0. The molecule has 0 radical (unpaired) electrons. The summed E-state index contributed by atoms with van der Waals surface area (Å²) in [6, 6.07) is 12.3. The lowest BCUT2D eigenvalue weighted by Crippen LogP contribution is -2.48. The first-order valence-corrected chi connectivity index (χ1v) is 16.9. The summed E-state index contributed by atoms with van der Waals surface area (Å²) < 4.78 is 0. The maximum atomic E-state index is 9.10. The fourth-order valence-electron chi connectivity index (χ4n) is 5.48. The largest absolute Gasteiger partial charge is 0.473 e. The van der Waals surface area contributed by atoms with Crippen LogP contribution in [-0.4, -0.2) is 152 Å². The summed E-state index contributed by atoms with van der Waals surface area (Å²) in [6.45, 7) is 12.0. The second-order valence-electron chi connectivity index (χ2n) is 12.4. The van der Waals surface area contributed by atoms with Crippen molar-refractivity contribution in [3.63, 3.8) is 0 Å². The minimum atomic E-state index is -1.82. The summed E-state index contributed by atoms with van der Waals surface area (Å²) in [5, 5.41) is 44.3. The van der Waals surface area contributed by atoms with E-state index >= 15 is 0 Å². The van der Waals surface area contributed by atoms with Crippen molar-refractivity contribution in [1.82, 2.24) is 19.8 Å². The molecule has 0 amide bonds. The van der Waals surface area contributed by atoms with Gasteiger partial charge < -0.3 is 40.4 Å². The number of aliphatic carboxylic acids is 6. The number of rotatable bonds is 6. The van der Waals surface area contributed by atoms with Crippen LogP contribution < -0.4 is 9.80 Å². The Morgan fingerprint density at radius 1 is 0.481 bits per heavy atom. The van der Waals surface area contributed by atoms with E-state index < -0.39 is 35.8 Å². The van der Waals surface area contributed by atoms with Crippen LogP contribution in [0, 0.1) is 11.8 Å². The van der Waals surface area contributed by atoms with E-state index in [0.717, 1.165) is 49.7 Å². The van der Waals surface area contributed by atoms with Gasteiger partial charge in [-0.2, -0.15) is 0 Å². The number of piperazine rings is 2. The fraction of sp³-hybridized carbons (Fsp3) is 0.529. The molecule has 0 bridgehead atoms. The van der Waals surface area contributed by atoms with Crippen molar-refractivity contribution in [2.24, 2.45) is 11.8 Å². The van der Waals surface area contributed by atoms with Crippen LogP contribution in [0.2, 0.25) is 0 Å². The van der Waals surface area contributed by atoms with E-state index in [1.165, 1.54) is 77.8 Å². The Labute approximate surface area is 300 Å². The van der Waals surface area contributed by atoms with Crippen LogP contribution in [0.15, 0.2) is 48.8 Å². The molecule has 2 aromatic rings. The highest BCUT2D eigenvalue weighted by Crippen LogP contribution is 2.28. The second-order valence-corrected chi connectivity index (χ2v) is 12.4.